The van der Waals surface area contributed by atoms with Crippen molar-refractivity contribution in [2.24, 2.45) is 0 Å². The third-order valence-electron chi connectivity index (χ3n) is 7.77. The number of aryl methyl sites for hydroxylation is 1. The number of benzene rings is 2. The molecule has 3 heterocycles. The lowest BCUT2D eigenvalue weighted by atomic mass is 9.94. The second-order valence-corrected chi connectivity index (χ2v) is 10.4. The Morgan fingerprint density at radius 3 is 2.47 bits per heavy atom. The molecule has 2 aliphatic heterocycles. The van der Waals surface area contributed by atoms with Crippen molar-refractivity contribution in [2.45, 2.75) is 83.1 Å². The Morgan fingerprint density at radius 1 is 1.03 bits per heavy atom. The van der Waals surface area contributed by atoms with Gasteiger partial charge in [0.2, 0.25) is 0 Å². The topological polar surface area (TPSA) is 72.3 Å². The maximum Gasteiger partial charge on any atom is 0.407 e. The number of rotatable bonds is 9. The van der Waals surface area contributed by atoms with Crippen LogP contribution in [0.3, 0.4) is 0 Å². The number of nitrogens with one attached hydrogen (secondary N) is 1. The van der Waals surface area contributed by atoms with Crippen molar-refractivity contribution < 1.29 is 9.53 Å². The maximum absolute atomic E-state index is 12.7. The van der Waals surface area contributed by atoms with E-state index in [1.807, 2.05) is 48.5 Å². The van der Waals surface area contributed by atoms with E-state index < -0.39 is 0 Å². The van der Waals surface area contributed by atoms with E-state index in [-0.39, 0.29) is 18.7 Å². The van der Waals surface area contributed by atoms with Crippen LogP contribution in [-0.2, 0) is 11.3 Å². The van der Waals surface area contributed by atoms with Crippen molar-refractivity contribution >= 4 is 6.09 Å². The summed E-state index contributed by atoms with van der Waals surface area (Å²) < 4.78 is 7.94. The number of alkyl carbamates (subject to hydrolysis) is 1. The van der Waals surface area contributed by atoms with Crippen molar-refractivity contribution in [3.8, 4) is 0 Å². The summed E-state index contributed by atoms with van der Waals surface area (Å²) in [5.41, 5.74) is 2.09. The number of fused-ring (bicyclic) bond motifs is 2. The molecule has 3 unspecified atom stereocenters. The van der Waals surface area contributed by atoms with Gasteiger partial charge >= 0.3 is 6.09 Å². The van der Waals surface area contributed by atoms with E-state index in [0.29, 0.717) is 24.0 Å². The summed E-state index contributed by atoms with van der Waals surface area (Å²) in [5.74, 6) is 2.46. The van der Waals surface area contributed by atoms with Crippen LogP contribution in [0.2, 0.25) is 0 Å². The third-order valence-corrected chi connectivity index (χ3v) is 7.77. The minimum absolute atomic E-state index is 0.101. The van der Waals surface area contributed by atoms with Gasteiger partial charge in [0.05, 0.1) is 12.1 Å². The average Bonchev–Trinajstić information content (AvgIpc) is 3.58. The summed E-state index contributed by atoms with van der Waals surface area (Å²) in [4.78, 5) is 15.4. The van der Waals surface area contributed by atoms with Crippen LogP contribution in [0.1, 0.15) is 80.3 Å². The fourth-order valence-electron chi connectivity index (χ4n) is 6.08. The maximum atomic E-state index is 12.7. The van der Waals surface area contributed by atoms with E-state index in [4.69, 9.17) is 4.74 Å². The molecule has 2 fully saturated rings. The summed E-state index contributed by atoms with van der Waals surface area (Å²) in [7, 11) is 0. The number of carbonyl (C=O) groups is 1. The largest absolute Gasteiger partial charge is 0.445 e. The standard InChI is InChI=1S/C29H37N5O2/c1-20(2)28-32-31-21(3)34(28)27-18-24-14-15-26(27)33(24)17-16-25(23-12-8-5-9-13-23)30-29(35)36-19-22-10-6-4-7-11-22/h4-13,20,24-27H,14-19H2,1-3H3,(H,30,35)/t24?,25-,26?,27?/m0/s1. The predicted octanol–water partition coefficient (Wildman–Crippen LogP) is 5.55. The molecule has 1 amide bonds. The molecule has 7 heteroatoms. The predicted molar refractivity (Wildman–Crippen MR) is 140 cm³/mol. The first-order chi connectivity index (χ1) is 17.5. The SMILES string of the molecule is Cc1nnc(C(C)C)n1C1CC2CCC1N2CC[C@H](NC(=O)OCc1ccccc1)c1ccccc1. The van der Waals surface area contributed by atoms with Crippen LogP contribution in [0.15, 0.2) is 60.7 Å². The van der Waals surface area contributed by atoms with Crippen LogP contribution in [-0.4, -0.2) is 44.4 Å². The molecule has 190 valence electrons. The van der Waals surface area contributed by atoms with Gasteiger partial charge in [0.1, 0.15) is 18.3 Å². The van der Waals surface area contributed by atoms with E-state index in [2.05, 4.69) is 57.9 Å². The summed E-state index contributed by atoms with van der Waals surface area (Å²) in [5, 5.41) is 12.0. The quantitative estimate of drug-likeness (QED) is 0.429. The highest BCUT2D eigenvalue weighted by Gasteiger charge is 2.47. The molecule has 2 aliphatic rings. The van der Waals surface area contributed by atoms with Crippen LogP contribution in [0.25, 0.3) is 0 Å². The van der Waals surface area contributed by atoms with E-state index in [1.165, 1.54) is 12.8 Å². The zero-order valence-electron chi connectivity index (χ0n) is 21.5. The Bertz CT molecular complexity index is 1150. The van der Waals surface area contributed by atoms with Crippen molar-refractivity contribution in [1.82, 2.24) is 25.0 Å². The molecule has 5 rings (SSSR count). The first-order valence-corrected chi connectivity index (χ1v) is 13.2. The normalized spacial score (nSPS) is 22.2. The van der Waals surface area contributed by atoms with E-state index in [1.54, 1.807) is 0 Å². The summed E-state index contributed by atoms with van der Waals surface area (Å²) >= 11 is 0. The van der Waals surface area contributed by atoms with Gasteiger partial charge in [-0.25, -0.2) is 4.79 Å². The highest BCUT2D eigenvalue weighted by Crippen LogP contribution is 2.45. The van der Waals surface area contributed by atoms with Crippen molar-refractivity contribution in [1.29, 1.82) is 0 Å². The average molecular weight is 488 g/mol. The number of hydrogen-bond acceptors (Lipinski definition) is 5. The fraction of sp³-hybridized carbons (Fsp3) is 0.483. The zero-order valence-corrected chi connectivity index (χ0v) is 21.5. The lowest BCUT2D eigenvalue weighted by molar-refractivity contribution is 0.133. The highest BCUT2D eigenvalue weighted by atomic mass is 16.5. The molecular formula is C29H37N5O2. The van der Waals surface area contributed by atoms with Crippen molar-refractivity contribution in [3.05, 3.63) is 83.4 Å². The summed E-state index contributed by atoms with van der Waals surface area (Å²) in [6.45, 7) is 7.66. The second-order valence-electron chi connectivity index (χ2n) is 10.4. The number of carbonyl (C=O) groups excluding carboxylic acids is 1. The second kappa shape index (κ2) is 10.8. The minimum atomic E-state index is -0.378. The summed E-state index contributed by atoms with van der Waals surface area (Å²) in [6, 6.07) is 21.4. The van der Waals surface area contributed by atoms with Crippen LogP contribution >= 0.6 is 0 Å². The molecule has 7 nitrogen and oxygen atoms in total. The van der Waals surface area contributed by atoms with Gasteiger partial charge in [-0.2, -0.15) is 0 Å². The molecule has 0 spiro atoms. The molecule has 0 aliphatic carbocycles. The number of ether oxygens (including phenoxy) is 1. The molecule has 2 saturated heterocycles. The molecule has 0 radical (unpaired) electrons. The van der Waals surface area contributed by atoms with Gasteiger partial charge in [0, 0.05) is 24.5 Å². The Hall–Kier alpha value is -3.19. The van der Waals surface area contributed by atoms with Crippen molar-refractivity contribution in [2.75, 3.05) is 6.54 Å². The van der Waals surface area contributed by atoms with E-state index in [9.17, 15) is 4.79 Å². The van der Waals surface area contributed by atoms with Gasteiger partial charge in [-0.05, 0) is 43.7 Å². The number of nitrogens with zero attached hydrogens (tertiary/aromatic N) is 4. The number of aromatic nitrogens is 3. The van der Waals surface area contributed by atoms with Crippen LogP contribution < -0.4 is 5.32 Å². The third kappa shape index (κ3) is 5.16. The molecule has 3 aromatic rings. The monoisotopic (exact) mass is 487 g/mol. The number of amides is 1. The van der Waals surface area contributed by atoms with Crippen molar-refractivity contribution in [3.63, 3.8) is 0 Å². The smallest absolute Gasteiger partial charge is 0.407 e. The number of hydrogen-bond donors (Lipinski definition) is 1. The Morgan fingerprint density at radius 2 is 1.75 bits per heavy atom. The van der Waals surface area contributed by atoms with Crippen LogP contribution in [0, 0.1) is 6.92 Å². The van der Waals surface area contributed by atoms with Crippen LogP contribution in [0.5, 0.6) is 0 Å². The molecule has 4 atom stereocenters. The molecule has 1 N–H and O–H groups in total. The fourth-order valence-corrected chi connectivity index (χ4v) is 6.08. The molecule has 2 bridgehead atoms. The first-order valence-electron chi connectivity index (χ1n) is 13.2. The minimum Gasteiger partial charge on any atom is -0.445 e. The van der Waals surface area contributed by atoms with E-state index in [0.717, 1.165) is 42.2 Å². The molecule has 0 saturated carbocycles. The van der Waals surface area contributed by atoms with Gasteiger partial charge in [-0.3, -0.25) is 4.90 Å². The Labute approximate surface area is 213 Å². The molecule has 2 aromatic carbocycles. The lowest BCUT2D eigenvalue weighted by Crippen LogP contribution is -2.36. The summed E-state index contributed by atoms with van der Waals surface area (Å²) in [6.07, 6.45) is 4.04. The molecule has 36 heavy (non-hydrogen) atoms. The van der Waals surface area contributed by atoms with Gasteiger partial charge in [-0.1, -0.05) is 74.5 Å². The Balaban J connectivity index is 1.25. The van der Waals surface area contributed by atoms with Gasteiger partial charge in [0.25, 0.3) is 0 Å². The van der Waals surface area contributed by atoms with Gasteiger partial charge < -0.3 is 14.6 Å². The highest BCUT2D eigenvalue weighted by molar-refractivity contribution is 5.68. The zero-order chi connectivity index (χ0) is 25.1. The van der Waals surface area contributed by atoms with Gasteiger partial charge in [-0.15, -0.1) is 10.2 Å². The first kappa shape index (κ1) is 24.5. The molecule has 1 aromatic heterocycles. The van der Waals surface area contributed by atoms with Crippen LogP contribution in [0.4, 0.5) is 4.79 Å². The molecular weight excluding hydrogens is 450 g/mol. The van der Waals surface area contributed by atoms with E-state index >= 15 is 0 Å². The lowest BCUT2D eigenvalue weighted by Gasteiger charge is -2.28. The Kier molecular flexibility index (Phi) is 7.37. The van der Waals surface area contributed by atoms with Gasteiger partial charge in [0.15, 0.2) is 0 Å².